The number of thiocarbonyl (C=S) groups is 1. The lowest BCUT2D eigenvalue weighted by molar-refractivity contribution is 0.0519. The minimum atomic E-state index is -2.98. The smallest absolute Gasteiger partial charge is 0.376 e. The number of hydrogen-bond acceptors (Lipinski definition) is 7. The van der Waals surface area contributed by atoms with Crippen LogP contribution in [0.3, 0.4) is 0 Å². The molecule has 0 aliphatic carbocycles. The maximum Gasteiger partial charge on any atom is 0.521 e. The monoisotopic (exact) mass is 428 g/mol. The van der Waals surface area contributed by atoms with Crippen LogP contribution in [-0.4, -0.2) is 79.6 Å². The number of nitrogens with two attached hydrogens (primary N) is 1. The zero-order chi connectivity index (χ0) is 20.1. The van der Waals surface area contributed by atoms with Gasteiger partial charge in [-0.3, -0.25) is 0 Å². The van der Waals surface area contributed by atoms with E-state index in [9.17, 15) is 0 Å². The highest BCUT2D eigenvalue weighted by Crippen LogP contribution is 2.17. The van der Waals surface area contributed by atoms with Gasteiger partial charge in [-0.1, -0.05) is 0 Å². The minimum Gasteiger partial charge on any atom is -0.376 e. The van der Waals surface area contributed by atoms with Gasteiger partial charge in [0.15, 0.2) is 5.11 Å². The zero-order valence-corrected chi connectivity index (χ0v) is 19.9. The molecule has 0 spiro atoms. The van der Waals surface area contributed by atoms with E-state index in [1.165, 1.54) is 0 Å². The Morgan fingerprint density at radius 1 is 0.654 bits per heavy atom. The van der Waals surface area contributed by atoms with Crippen LogP contribution < -0.4 is 5.73 Å². The molecule has 0 saturated heterocycles. The Balaban J connectivity index is 5.59. The van der Waals surface area contributed by atoms with Crippen molar-refractivity contribution in [3.05, 3.63) is 0 Å². The number of nitrogens with zero attached hydrogens (tertiary/aromatic N) is 1. The fourth-order valence-corrected chi connectivity index (χ4v) is 8.29. The first-order valence-electron chi connectivity index (χ1n) is 9.26. The Bertz CT molecular complexity index is 333. The maximum atomic E-state index is 6.00. The van der Waals surface area contributed by atoms with E-state index in [0.29, 0.717) is 52.0 Å². The molecule has 2 N–H and O–H groups in total. The van der Waals surface area contributed by atoms with Gasteiger partial charge in [0.1, 0.15) is 0 Å². The second kappa shape index (κ2) is 14.0. The predicted molar refractivity (Wildman–Crippen MR) is 110 cm³/mol. The van der Waals surface area contributed by atoms with E-state index in [4.69, 9.17) is 44.5 Å². The van der Waals surface area contributed by atoms with Crippen LogP contribution >= 0.6 is 12.2 Å². The highest BCUT2D eigenvalue weighted by atomic mass is 32.1. The van der Waals surface area contributed by atoms with Gasteiger partial charge in [-0.15, -0.1) is 0 Å². The van der Waals surface area contributed by atoms with Crippen LogP contribution in [0.15, 0.2) is 0 Å². The molecule has 0 unspecified atom stereocenters. The lowest BCUT2D eigenvalue weighted by Crippen LogP contribution is -2.63. The summed E-state index contributed by atoms with van der Waals surface area (Å²) in [5.41, 5.74) is 6.00. The van der Waals surface area contributed by atoms with Crippen LogP contribution in [-0.2, 0) is 26.6 Å². The third-order valence-electron chi connectivity index (χ3n) is 3.27. The van der Waals surface area contributed by atoms with E-state index in [1.54, 1.807) is 4.90 Å². The van der Waals surface area contributed by atoms with Crippen LogP contribution in [0.5, 0.6) is 0 Å². The van der Waals surface area contributed by atoms with Gasteiger partial charge in [-0.25, -0.2) is 0 Å². The van der Waals surface area contributed by atoms with Crippen molar-refractivity contribution in [2.75, 3.05) is 52.0 Å². The second-order valence-corrected chi connectivity index (χ2v) is 10.7. The Morgan fingerprint density at radius 3 is 1.04 bits per heavy atom. The maximum absolute atomic E-state index is 6.00. The summed E-state index contributed by atoms with van der Waals surface area (Å²) in [6.45, 7) is 14.3. The molecule has 11 heteroatoms. The molecule has 0 aliphatic rings. The van der Waals surface area contributed by atoms with Gasteiger partial charge in [-0.05, 0) is 53.8 Å². The lowest BCUT2D eigenvalue weighted by Gasteiger charge is -2.37. The quantitative estimate of drug-likeness (QED) is 0.292. The molecule has 8 nitrogen and oxygen atoms in total. The first kappa shape index (κ1) is 25.9. The van der Waals surface area contributed by atoms with Crippen molar-refractivity contribution >= 4 is 34.9 Å². The van der Waals surface area contributed by atoms with E-state index in [2.05, 4.69) is 0 Å². The molecule has 0 atom stereocenters. The molecule has 156 valence electrons. The summed E-state index contributed by atoms with van der Waals surface area (Å²) in [5.74, 6) is 0. The van der Waals surface area contributed by atoms with E-state index in [0.717, 1.165) is 0 Å². The Kier molecular flexibility index (Phi) is 13.9. The Labute approximate surface area is 165 Å². The summed E-state index contributed by atoms with van der Waals surface area (Å²) >= 11 is 5.27. The summed E-state index contributed by atoms with van der Waals surface area (Å²) in [5, 5.41) is 0.206. The van der Waals surface area contributed by atoms with Crippen LogP contribution in [0, 0.1) is 0 Å². The van der Waals surface area contributed by atoms with Crippen molar-refractivity contribution in [3.8, 4) is 0 Å². The molecule has 0 saturated carbocycles. The van der Waals surface area contributed by atoms with E-state index in [1.807, 2.05) is 41.5 Å². The first-order valence-corrected chi connectivity index (χ1v) is 13.5. The second-order valence-electron chi connectivity index (χ2n) is 5.16. The van der Waals surface area contributed by atoms with Gasteiger partial charge >= 0.3 is 17.6 Å². The van der Waals surface area contributed by atoms with Gasteiger partial charge in [0.25, 0.3) is 0 Å². The average molecular weight is 429 g/mol. The molecule has 0 rings (SSSR count). The van der Waals surface area contributed by atoms with Crippen molar-refractivity contribution in [2.45, 2.75) is 41.5 Å². The Hall–Kier alpha value is -0.116. The highest BCUT2D eigenvalue weighted by molar-refractivity contribution is 7.80. The predicted octanol–water partition coefficient (Wildman–Crippen LogP) is 1.71. The number of hydrogen-bond donors (Lipinski definition) is 1. The third-order valence-corrected chi connectivity index (χ3v) is 9.43. The molecule has 0 aliphatic heterocycles. The molecule has 0 fully saturated rings. The Morgan fingerprint density at radius 2 is 0.885 bits per heavy atom. The van der Waals surface area contributed by atoms with Gasteiger partial charge in [0, 0.05) is 39.6 Å². The van der Waals surface area contributed by atoms with E-state index in [-0.39, 0.29) is 5.11 Å². The van der Waals surface area contributed by atoms with Crippen LogP contribution in [0.2, 0.25) is 0 Å². The largest absolute Gasteiger partial charge is 0.521 e. The average Bonchev–Trinajstić information content (AvgIpc) is 2.55. The topological polar surface area (TPSA) is 84.6 Å². The van der Waals surface area contributed by atoms with Crippen molar-refractivity contribution in [1.29, 1.82) is 0 Å². The van der Waals surface area contributed by atoms with Gasteiger partial charge < -0.3 is 37.2 Å². The molecule has 0 amide bonds. The van der Waals surface area contributed by atoms with Gasteiger partial charge in [0.05, 0.1) is 12.3 Å². The molecule has 0 aromatic rings. The van der Waals surface area contributed by atoms with Gasteiger partial charge in [0.2, 0.25) is 0 Å². The molecule has 26 heavy (non-hydrogen) atoms. The summed E-state index contributed by atoms with van der Waals surface area (Å²) < 4.78 is 35.5. The SMILES string of the molecule is CCO[Si](CN(C[Si](OCC)(OCC)OCC)C(N)=S)(OCC)OCC. The molecule has 0 bridgehead atoms. The lowest BCUT2D eigenvalue weighted by atomic mass is 10.9. The van der Waals surface area contributed by atoms with Crippen LogP contribution in [0.1, 0.15) is 41.5 Å². The molecule has 0 aromatic heterocycles. The standard InChI is InChI=1S/C15H36N2O6SSi2/c1-7-18-25(19-8-2,20-9-3)13-17(15(16)24)14-26(21-10-4,22-11-5)23-12-6/h7-14H2,1-6H3,(H2,16,24). The zero-order valence-electron chi connectivity index (χ0n) is 17.0. The molecule has 0 heterocycles. The fraction of sp³-hybridized carbons (Fsp3) is 0.933. The van der Waals surface area contributed by atoms with Gasteiger partial charge in [-0.2, -0.15) is 0 Å². The molecular formula is C15H36N2O6SSi2. The van der Waals surface area contributed by atoms with E-state index >= 15 is 0 Å². The van der Waals surface area contributed by atoms with Crippen molar-refractivity contribution < 1.29 is 26.6 Å². The van der Waals surface area contributed by atoms with Crippen molar-refractivity contribution in [3.63, 3.8) is 0 Å². The highest BCUT2D eigenvalue weighted by Gasteiger charge is 2.48. The van der Waals surface area contributed by atoms with Crippen LogP contribution in [0.4, 0.5) is 0 Å². The van der Waals surface area contributed by atoms with E-state index < -0.39 is 17.6 Å². The molecule has 0 radical (unpaired) electrons. The summed E-state index contributed by atoms with van der Waals surface area (Å²) in [4.78, 5) is 1.77. The normalized spacial score (nSPS) is 12.4. The van der Waals surface area contributed by atoms with Crippen LogP contribution in [0.25, 0.3) is 0 Å². The first-order chi connectivity index (χ1) is 12.4. The molecular weight excluding hydrogens is 392 g/mol. The van der Waals surface area contributed by atoms with Crippen molar-refractivity contribution in [2.24, 2.45) is 5.73 Å². The molecule has 0 aromatic carbocycles. The summed E-state index contributed by atoms with van der Waals surface area (Å²) in [7, 11) is -5.95. The summed E-state index contributed by atoms with van der Waals surface area (Å²) in [6, 6.07) is 0. The van der Waals surface area contributed by atoms with Crippen molar-refractivity contribution in [1.82, 2.24) is 4.90 Å². The minimum absolute atomic E-state index is 0.206. The summed E-state index contributed by atoms with van der Waals surface area (Å²) in [6.07, 6.45) is 0.639. The third kappa shape index (κ3) is 8.71. The fourth-order valence-electron chi connectivity index (χ4n) is 2.52. The number of rotatable bonds is 16.